The zero-order valence-corrected chi connectivity index (χ0v) is 21.3. The predicted octanol–water partition coefficient (Wildman–Crippen LogP) is 5.96. The van der Waals surface area contributed by atoms with Crippen LogP contribution < -0.4 is 8.96 Å². The number of rotatable bonds is 6. The molecular weight excluding hydrogens is 399 g/mol. The summed E-state index contributed by atoms with van der Waals surface area (Å²) in [5, 5.41) is 0. The van der Waals surface area contributed by atoms with Gasteiger partial charge in [0, 0.05) is 0 Å². The number of pyridine rings is 1. The van der Waals surface area contributed by atoms with Gasteiger partial charge in [-0.1, -0.05) is 0 Å². The molecule has 0 spiro atoms. The van der Waals surface area contributed by atoms with E-state index in [-0.39, 0.29) is 0 Å². The second-order valence-electron chi connectivity index (χ2n) is 10.6. The van der Waals surface area contributed by atoms with Crippen molar-refractivity contribution in [1.29, 1.82) is 0 Å². The Hall–Kier alpha value is -1.09. The number of nitrogens with zero attached hydrogens (tertiary/aromatic N) is 1. The molecule has 0 aliphatic heterocycles. The van der Waals surface area contributed by atoms with Crippen LogP contribution in [0.4, 0.5) is 0 Å². The second kappa shape index (κ2) is 8.73. The molecule has 2 aromatic rings. The van der Waals surface area contributed by atoms with Crippen LogP contribution in [0.3, 0.4) is 0 Å². The second-order valence-corrected chi connectivity index (χ2v) is 21.1. The van der Waals surface area contributed by atoms with Gasteiger partial charge in [-0.25, -0.2) is 0 Å². The van der Waals surface area contributed by atoms with E-state index in [9.17, 15) is 0 Å². The summed E-state index contributed by atoms with van der Waals surface area (Å²) in [5.41, 5.74) is 7.30. The average molecular weight is 439 g/mol. The first kappa shape index (κ1) is 21.6. The Balaban J connectivity index is 2.02. The van der Waals surface area contributed by atoms with Gasteiger partial charge in [0.2, 0.25) is 0 Å². The first-order valence-corrected chi connectivity index (χ1v) is 18.6. The van der Waals surface area contributed by atoms with E-state index in [1.165, 1.54) is 54.5 Å². The quantitative estimate of drug-likeness (QED) is 0.386. The summed E-state index contributed by atoms with van der Waals surface area (Å²) in [6.07, 6.45) is 10.7. The molecule has 1 aromatic heterocycles. The molecule has 2 heteroatoms. The van der Waals surface area contributed by atoms with E-state index in [0.29, 0.717) is 5.92 Å². The summed E-state index contributed by atoms with van der Waals surface area (Å²) < 4.78 is 4.11. The van der Waals surface area contributed by atoms with Gasteiger partial charge in [-0.05, 0) is 0 Å². The topological polar surface area (TPSA) is 3.88 Å². The van der Waals surface area contributed by atoms with Crippen molar-refractivity contribution in [3.63, 3.8) is 0 Å². The zero-order valence-electron chi connectivity index (χ0n) is 19.2. The summed E-state index contributed by atoms with van der Waals surface area (Å²) in [5.74, 6) is 9.27. The summed E-state index contributed by atoms with van der Waals surface area (Å²) >= 11 is -1.95. The molecule has 1 nitrogen and oxygen atoms in total. The van der Waals surface area contributed by atoms with Crippen molar-refractivity contribution in [2.24, 2.45) is 18.9 Å². The minimum atomic E-state index is -1.95. The predicted molar refractivity (Wildman–Crippen MR) is 125 cm³/mol. The molecule has 0 bridgehead atoms. The van der Waals surface area contributed by atoms with Gasteiger partial charge >= 0.3 is 176 Å². The van der Waals surface area contributed by atoms with E-state index in [2.05, 4.69) is 80.1 Å². The van der Waals surface area contributed by atoms with Gasteiger partial charge in [-0.2, -0.15) is 0 Å². The third-order valence-corrected chi connectivity index (χ3v) is 10.7. The Bertz CT molecular complexity index is 823. The Labute approximate surface area is 175 Å². The molecule has 1 aliphatic carbocycles. The summed E-state index contributed by atoms with van der Waals surface area (Å²) in [7, 11) is 2.24. The maximum absolute atomic E-state index is 2.56. The molecule has 0 unspecified atom stereocenters. The van der Waals surface area contributed by atoms with Crippen LogP contribution >= 0.6 is 0 Å². The SMILES string of the molecule is Cc1cc(CC(C)C)ccc1-c1c[c]([Ge]([CH3])([CH3])[CH3])c(CC2CCCC2)c[n+]1C. The first-order chi connectivity index (χ1) is 13.1. The fourth-order valence-electron chi connectivity index (χ4n) is 4.97. The number of aryl methyl sites for hydroxylation is 2. The van der Waals surface area contributed by atoms with Crippen LogP contribution in [0.25, 0.3) is 11.3 Å². The molecule has 3 rings (SSSR count). The van der Waals surface area contributed by atoms with Gasteiger partial charge in [-0.15, -0.1) is 0 Å². The van der Waals surface area contributed by atoms with Crippen molar-refractivity contribution < 1.29 is 4.57 Å². The number of aromatic nitrogens is 1. The normalized spacial score (nSPS) is 15.6. The van der Waals surface area contributed by atoms with Gasteiger partial charge in [0.25, 0.3) is 0 Å². The van der Waals surface area contributed by atoms with Crippen molar-refractivity contribution in [3.05, 3.63) is 47.2 Å². The first-order valence-electron chi connectivity index (χ1n) is 11.3. The fourth-order valence-corrected chi connectivity index (χ4v) is 8.54. The van der Waals surface area contributed by atoms with Gasteiger partial charge in [-0.3, -0.25) is 0 Å². The molecule has 1 fully saturated rings. The molecule has 0 saturated heterocycles. The van der Waals surface area contributed by atoms with Gasteiger partial charge in [0.1, 0.15) is 0 Å². The van der Waals surface area contributed by atoms with Crippen LogP contribution in [0, 0.1) is 18.8 Å². The molecular formula is C26H40GeN+. The number of hydrogen-bond acceptors (Lipinski definition) is 0. The average Bonchev–Trinajstić information content (AvgIpc) is 3.07. The summed E-state index contributed by atoms with van der Waals surface area (Å²) in [6, 6.07) is 9.67. The molecule has 1 heterocycles. The summed E-state index contributed by atoms with van der Waals surface area (Å²) in [4.78, 5) is 0. The van der Waals surface area contributed by atoms with E-state index in [1.807, 2.05) is 0 Å². The van der Waals surface area contributed by atoms with Crippen LogP contribution in [0.1, 0.15) is 56.2 Å². The van der Waals surface area contributed by atoms with E-state index >= 15 is 0 Å². The van der Waals surface area contributed by atoms with E-state index in [0.717, 1.165) is 12.3 Å². The third-order valence-electron chi connectivity index (χ3n) is 6.36. The monoisotopic (exact) mass is 440 g/mol. The van der Waals surface area contributed by atoms with Crippen LogP contribution in [-0.2, 0) is 19.9 Å². The van der Waals surface area contributed by atoms with Crippen molar-refractivity contribution in [2.45, 2.75) is 76.6 Å². The van der Waals surface area contributed by atoms with E-state index in [4.69, 9.17) is 0 Å². The van der Waals surface area contributed by atoms with Gasteiger partial charge in [0.05, 0.1) is 0 Å². The molecule has 28 heavy (non-hydrogen) atoms. The van der Waals surface area contributed by atoms with E-state index < -0.39 is 13.3 Å². The molecule has 0 atom stereocenters. The number of benzene rings is 1. The third kappa shape index (κ3) is 5.09. The van der Waals surface area contributed by atoms with Gasteiger partial charge < -0.3 is 0 Å². The molecule has 1 aromatic carbocycles. The maximum atomic E-state index is 2.56. The van der Waals surface area contributed by atoms with Crippen molar-refractivity contribution in [1.82, 2.24) is 0 Å². The molecule has 0 N–H and O–H groups in total. The standard InChI is InChI=1S/C26H40GeN/c1-19(2)14-22-12-13-24(20(3)15-22)26-17-25(27(4,5)6)23(18-28(26)7)16-21-10-8-9-11-21/h12-13,15,17-19,21H,8-11,14,16H2,1-7H3/q+1. The summed E-state index contributed by atoms with van der Waals surface area (Å²) in [6.45, 7) is 6.88. The Morgan fingerprint density at radius 3 is 2.32 bits per heavy atom. The van der Waals surface area contributed by atoms with Crippen molar-refractivity contribution in [2.75, 3.05) is 0 Å². The van der Waals surface area contributed by atoms with Crippen LogP contribution in [-0.4, -0.2) is 13.3 Å². The Morgan fingerprint density at radius 2 is 1.75 bits per heavy atom. The van der Waals surface area contributed by atoms with Crippen LogP contribution in [0.5, 0.6) is 0 Å². The van der Waals surface area contributed by atoms with Crippen LogP contribution in [0.15, 0.2) is 30.5 Å². The zero-order chi connectivity index (χ0) is 20.5. The molecule has 1 aliphatic rings. The minimum absolute atomic E-state index is 0.705. The Morgan fingerprint density at radius 1 is 1.07 bits per heavy atom. The Kier molecular flexibility index (Phi) is 6.74. The van der Waals surface area contributed by atoms with E-state index in [1.54, 1.807) is 9.96 Å². The van der Waals surface area contributed by atoms with Crippen LogP contribution in [0.2, 0.25) is 17.3 Å². The van der Waals surface area contributed by atoms with Gasteiger partial charge in [0.15, 0.2) is 0 Å². The molecule has 152 valence electrons. The molecule has 1 saturated carbocycles. The fraction of sp³-hybridized carbons (Fsp3) is 0.577. The van der Waals surface area contributed by atoms with Crippen molar-refractivity contribution in [3.8, 4) is 11.3 Å². The molecule has 0 amide bonds. The number of hydrogen-bond donors (Lipinski definition) is 0. The molecule has 0 radical (unpaired) electrons. The van der Waals surface area contributed by atoms with Crippen molar-refractivity contribution >= 4 is 17.7 Å².